The third-order valence-electron chi connectivity index (χ3n) is 15.7. The van der Waals surface area contributed by atoms with Gasteiger partial charge in [0.25, 0.3) is 0 Å². The Hall–Kier alpha value is -7.78. The zero-order valence-corrected chi connectivity index (χ0v) is 44.2. The summed E-state index contributed by atoms with van der Waals surface area (Å²) in [5.41, 5.74) is 16.0. The molecule has 74 heavy (non-hydrogen) atoms. The van der Waals surface area contributed by atoms with E-state index in [-0.39, 0.29) is 15.5 Å². The topological polar surface area (TPSA) is 35.4 Å². The maximum Gasteiger partial charge on any atom is 0.136 e. The zero-order chi connectivity index (χ0) is 49.7. The number of benzene rings is 10. The first-order valence-corrected chi connectivity index (χ1v) is 27.5. The molecule has 0 aliphatic heterocycles. The van der Waals surface area contributed by atoms with Gasteiger partial charge in [-0.1, -0.05) is 181 Å². The molecule has 4 nitrogen and oxygen atoms in total. The first-order chi connectivity index (χ1) is 36.3. The minimum Gasteiger partial charge on any atom is -0.456 e. The summed E-state index contributed by atoms with van der Waals surface area (Å²) in [6.45, 7) is 7.06. The van der Waals surface area contributed by atoms with Crippen LogP contribution in [-0.4, -0.2) is 18.3 Å². The maximum absolute atomic E-state index is 6.66. The molecular formula is C68H50IN3OS. The lowest BCUT2D eigenvalue weighted by molar-refractivity contribution is 0.403. The third kappa shape index (κ3) is 7.09. The molecule has 0 saturated heterocycles. The Balaban J connectivity index is 0.897. The van der Waals surface area contributed by atoms with Crippen LogP contribution in [0.4, 0.5) is 0 Å². The minimum atomic E-state index is -0.382. The summed E-state index contributed by atoms with van der Waals surface area (Å²) in [7, 11) is 0. The number of hydrogen-bond donors (Lipinski definition) is 0. The number of para-hydroxylation sites is 3. The lowest BCUT2D eigenvalue weighted by atomic mass is 9.87. The van der Waals surface area contributed by atoms with Crippen LogP contribution < -0.4 is 0 Å². The normalized spacial score (nSPS) is 14.1. The largest absolute Gasteiger partial charge is 0.456 e. The molecule has 0 fully saturated rings. The Morgan fingerprint density at radius 3 is 1.92 bits per heavy atom. The number of aromatic nitrogens is 2. The molecule has 6 heteroatoms. The van der Waals surface area contributed by atoms with Gasteiger partial charge in [0, 0.05) is 81.0 Å². The second-order valence-corrected chi connectivity index (χ2v) is 23.3. The van der Waals surface area contributed by atoms with Gasteiger partial charge in [0.1, 0.15) is 11.2 Å². The van der Waals surface area contributed by atoms with Crippen LogP contribution in [0.25, 0.3) is 114 Å². The van der Waals surface area contributed by atoms with Gasteiger partial charge in [0.2, 0.25) is 0 Å². The number of fused-ring (bicyclic) bond motifs is 12. The van der Waals surface area contributed by atoms with Crippen molar-refractivity contribution in [2.75, 3.05) is 0 Å². The standard InChI is InChI=1S/C68H50IN3OS/c1-4-57(43-19-7-5-8-20-43)70-67(53-28-17-27-52-51-25-13-16-32-64(51)74-66(52)53)68(3,69)42(2)71-58-29-14-11-23-49(58)55-41-46(34-37-60(55)71)48-26-18-31-63-65(48)56-40-45(35-38-62(56)73-63)44-33-36-61-54(39-44)50-24-12-15-30-59(50)72(61)47-21-9-6-10-22-47/h5-42,67H,4H2,1-3H3/b70-57+. The Bertz CT molecular complexity index is 4540. The van der Waals surface area contributed by atoms with Crippen LogP contribution >= 0.6 is 33.9 Å². The van der Waals surface area contributed by atoms with E-state index in [0.717, 1.165) is 56.4 Å². The summed E-state index contributed by atoms with van der Waals surface area (Å²) in [5.74, 6) is 0. The van der Waals surface area contributed by atoms with Gasteiger partial charge < -0.3 is 13.6 Å². The van der Waals surface area contributed by atoms with Crippen LogP contribution in [0.5, 0.6) is 0 Å². The van der Waals surface area contributed by atoms with Gasteiger partial charge in [-0.15, -0.1) is 11.3 Å². The molecule has 0 bridgehead atoms. The van der Waals surface area contributed by atoms with Crippen molar-refractivity contribution in [3.63, 3.8) is 0 Å². The SMILES string of the molecule is CC/C(=N\C(c1cccc2c1sc1ccccc12)C(C)(I)C(C)n1c2ccccc2c2cc(-c3cccc4oc5ccc(-c6ccc7c(c6)c6ccccc6n7-c6ccccc6)cc5c34)ccc21)c1ccccc1. The Morgan fingerprint density at radius 2 is 1.12 bits per heavy atom. The molecule has 0 aliphatic carbocycles. The van der Waals surface area contributed by atoms with Crippen LogP contribution in [0, 0.1) is 0 Å². The quantitative estimate of drug-likeness (QED) is 0.0764. The summed E-state index contributed by atoms with van der Waals surface area (Å²) in [6, 6.07) is 81.8. The van der Waals surface area contributed by atoms with Gasteiger partial charge >= 0.3 is 0 Å². The highest BCUT2D eigenvalue weighted by Gasteiger charge is 2.41. The first-order valence-electron chi connectivity index (χ1n) is 25.6. The van der Waals surface area contributed by atoms with Crippen LogP contribution in [-0.2, 0) is 0 Å². The molecule has 10 aromatic carbocycles. The van der Waals surface area contributed by atoms with Crippen molar-refractivity contribution < 1.29 is 4.42 Å². The molecule has 4 heterocycles. The molecule has 4 aromatic heterocycles. The second-order valence-electron chi connectivity index (χ2n) is 19.9. The predicted octanol–water partition coefficient (Wildman–Crippen LogP) is 19.9. The van der Waals surface area contributed by atoms with Gasteiger partial charge in [-0.3, -0.25) is 4.99 Å². The Kier molecular flexibility index (Phi) is 10.7. The highest BCUT2D eigenvalue weighted by molar-refractivity contribution is 14.1. The van der Waals surface area contributed by atoms with E-state index in [2.05, 4.69) is 277 Å². The molecule has 0 amide bonds. The molecule has 0 spiro atoms. The number of hydrogen-bond acceptors (Lipinski definition) is 3. The average molecular weight is 1080 g/mol. The minimum absolute atomic E-state index is 0.0254. The van der Waals surface area contributed by atoms with Crippen molar-refractivity contribution in [2.24, 2.45) is 4.99 Å². The van der Waals surface area contributed by atoms with E-state index in [4.69, 9.17) is 9.41 Å². The molecule has 3 unspecified atom stereocenters. The number of rotatable bonds is 10. The van der Waals surface area contributed by atoms with Crippen molar-refractivity contribution in [2.45, 2.75) is 42.7 Å². The molecule has 0 N–H and O–H groups in total. The van der Waals surface area contributed by atoms with Gasteiger partial charge in [-0.2, -0.15) is 0 Å². The van der Waals surface area contributed by atoms with Gasteiger partial charge in [-0.05, 0) is 126 Å². The highest BCUT2D eigenvalue weighted by atomic mass is 127. The van der Waals surface area contributed by atoms with E-state index in [9.17, 15) is 0 Å². The van der Waals surface area contributed by atoms with Crippen molar-refractivity contribution in [1.29, 1.82) is 0 Å². The van der Waals surface area contributed by atoms with Crippen LogP contribution in [0.3, 0.4) is 0 Å². The maximum atomic E-state index is 6.66. The predicted molar refractivity (Wildman–Crippen MR) is 324 cm³/mol. The average Bonchev–Trinajstić information content (AvgIpc) is 4.24. The highest BCUT2D eigenvalue weighted by Crippen LogP contribution is 2.52. The summed E-state index contributed by atoms with van der Waals surface area (Å²) in [4.78, 5) is 5.88. The fraction of sp³-hybridized carbons (Fsp3) is 0.103. The van der Waals surface area contributed by atoms with Crippen LogP contribution in [0.1, 0.15) is 50.4 Å². The van der Waals surface area contributed by atoms with Crippen molar-refractivity contribution in [1.82, 2.24) is 9.13 Å². The zero-order valence-electron chi connectivity index (χ0n) is 41.3. The molecule has 0 aliphatic rings. The summed E-state index contributed by atoms with van der Waals surface area (Å²) in [6.07, 6.45) is 0.833. The lowest BCUT2D eigenvalue weighted by Crippen LogP contribution is -2.35. The van der Waals surface area contributed by atoms with Crippen molar-refractivity contribution >= 4 is 125 Å². The molecule has 14 aromatic rings. The monoisotopic (exact) mass is 1080 g/mol. The number of halogens is 1. The van der Waals surface area contributed by atoms with Crippen LogP contribution in [0.2, 0.25) is 0 Å². The number of furan rings is 1. The van der Waals surface area contributed by atoms with E-state index in [1.165, 1.54) is 80.5 Å². The molecule has 14 rings (SSSR count). The number of aliphatic imine (C=N–C) groups is 1. The Morgan fingerprint density at radius 1 is 0.541 bits per heavy atom. The Labute approximate surface area is 447 Å². The van der Waals surface area contributed by atoms with E-state index in [1.807, 2.05) is 11.3 Å². The second kappa shape index (κ2) is 17.7. The van der Waals surface area contributed by atoms with Gasteiger partial charge in [-0.25, -0.2) is 0 Å². The van der Waals surface area contributed by atoms with Crippen LogP contribution in [0.15, 0.2) is 234 Å². The fourth-order valence-corrected chi connectivity index (χ4v) is 14.0. The smallest absolute Gasteiger partial charge is 0.136 e. The molecule has 0 radical (unpaired) electrons. The summed E-state index contributed by atoms with van der Waals surface area (Å²) < 4.78 is 13.9. The molecule has 3 atom stereocenters. The number of nitrogens with zero attached hydrogens (tertiary/aromatic N) is 3. The summed E-state index contributed by atoms with van der Waals surface area (Å²) >= 11 is 4.66. The lowest BCUT2D eigenvalue weighted by Gasteiger charge is -2.38. The van der Waals surface area contributed by atoms with E-state index in [1.54, 1.807) is 0 Å². The third-order valence-corrected chi connectivity index (χ3v) is 18.5. The van der Waals surface area contributed by atoms with Gasteiger partial charge in [0.15, 0.2) is 0 Å². The van der Waals surface area contributed by atoms with Crippen molar-refractivity contribution in [3.05, 3.63) is 236 Å². The summed E-state index contributed by atoms with van der Waals surface area (Å²) in [5, 5.41) is 9.79. The first kappa shape index (κ1) is 44.9. The van der Waals surface area contributed by atoms with E-state index >= 15 is 0 Å². The van der Waals surface area contributed by atoms with E-state index < -0.39 is 0 Å². The molecule has 0 saturated carbocycles. The number of thiophene rings is 1. The van der Waals surface area contributed by atoms with Gasteiger partial charge in [0.05, 0.1) is 20.5 Å². The fourth-order valence-electron chi connectivity index (χ4n) is 12.0. The molecule has 356 valence electrons. The molecular weight excluding hydrogens is 1030 g/mol. The number of alkyl halides is 1. The van der Waals surface area contributed by atoms with E-state index in [0.29, 0.717) is 0 Å². The van der Waals surface area contributed by atoms with Crippen molar-refractivity contribution in [3.8, 4) is 27.9 Å².